The quantitative estimate of drug-likeness (QED) is 0.523. The van der Waals surface area contributed by atoms with Crippen LogP contribution >= 0.6 is 11.3 Å². The average Bonchev–Trinajstić information content (AvgIpc) is 3.19. The number of benzene rings is 1. The average molecular weight is 351 g/mol. The number of aromatic nitrogens is 4. The molecule has 128 valence electrons. The van der Waals surface area contributed by atoms with Gasteiger partial charge in [-0.1, -0.05) is 19.1 Å². The smallest absolute Gasteiger partial charge is 0.138 e. The van der Waals surface area contributed by atoms with Gasteiger partial charge in [0.1, 0.15) is 22.8 Å². The third-order valence-corrected chi connectivity index (χ3v) is 5.61. The summed E-state index contributed by atoms with van der Waals surface area (Å²) in [7, 11) is 0. The first-order valence-corrected chi connectivity index (χ1v) is 9.47. The van der Waals surface area contributed by atoms with E-state index < -0.39 is 0 Å². The SMILES string of the molecule is CCc1cc2c(NCCCn3c(C)nc4ccccc43)ncnc2s1. The second kappa shape index (κ2) is 6.80. The van der Waals surface area contributed by atoms with Crippen LogP contribution in [-0.4, -0.2) is 26.1 Å². The maximum Gasteiger partial charge on any atom is 0.138 e. The largest absolute Gasteiger partial charge is 0.369 e. The first-order chi connectivity index (χ1) is 12.3. The second-order valence-corrected chi connectivity index (χ2v) is 7.20. The summed E-state index contributed by atoms with van der Waals surface area (Å²) in [5, 5.41) is 4.61. The van der Waals surface area contributed by atoms with E-state index in [-0.39, 0.29) is 0 Å². The second-order valence-electron chi connectivity index (χ2n) is 6.09. The van der Waals surface area contributed by atoms with E-state index in [0.717, 1.165) is 53.3 Å². The number of nitrogens with zero attached hydrogens (tertiary/aromatic N) is 4. The summed E-state index contributed by atoms with van der Waals surface area (Å²) in [4.78, 5) is 15.8. The minimum Gasteiger partial charge on any atom is -0.369 e. The molecule has 0 atom stereocenters. The van der Waals surface area contributed by atoms with E-state index in [1.54, 1.807) is 17.7 Å². The predicted octanol–water partition coefficient (Wildman–Crippen LogP) is 4.41. The Balaban J connectivity index is 1.44. The first-order valence-electron chi connectivity index (χ1n) is 8.65. The van der Waals surface area contributed by atoms with Gasteiger partial charge < -0.3 is 9.88 Å². The van der Waals surface area contributed by atoms with Crippen molar-refractivity contribution in [3.8, 4) is 0 Å². The van der Waals surface area contributed by atoms with Gasteiger partial charge in [-0.3, -0.25) is 0 Å². The van der Waals surface area contributed by atoms with Gasteiger partial charge in [0, 0.05) is 18.0 Å². The molecule has 0 amide bonds. The Hall–Kier alpha value is -2.47. The number of thiophene rings is 1. The molecule has 0 saturated heterocycles. The van der Waals surface area contributed by atoms with Crippen molar-refractivity contribution in [2.24, 2.45) is 0 Å². The molecule has 0 unspecified atom stereocenters. The van der Waals surface area contributed by atoms with E-state index in [1.165, 1.54) is 10.4 Å². The highest BCUT2D eigenvalue weighted by atomic mass is 32.1. The molecular formula is C19H21N5S. The lowest BCUT2D eigenvalue weighted by molar-refractivity contribution is 0.658. The van der Waals surface area contributed by atoms with Gasteiger partial charge in [-0.2, -0.15) is 0 Å². The van der Waals surface area contributed by atoms with Crippen molar-refractivity contribution < 1.29 is 0 Å². The van der Waals surface area contributed by atoms with Crippen LogP contribution in [0.25, 0.3) is 21.3 Å². The van der Waals surface area contributed by atoms with Crippen molar-refractivity contribution in [2.45, 2.75) is 33.2 Å². The molecule has 3 heterocycles. The lowest BCUT2D eigenvalue weighted by Gasteiger charge is -2.09. The number of rotatable bonds is 6. The standard InChI is InChI=1S/C19H21N5S/c1-3-14-11-15-18(21-12-22-19(15)25-14)20-9-6-10-24-13(2)23-16-7-4-5-8-17(16)24/h4-5,7-8,11-12H,3,6,9-10H2,1-2H3,(H,20,21,22). The molecule has 0 spiro atoms. The molecule has 0 fully saturated rings. The van der Waals surface area contributed by atoms with Gasteiger partial charge in [-0.15, -0.1) is 11.3 Å². The van der Waals surface area contributed by atoms with Crippen molar-refractivity contribution >= 4 is 38.4 Å². The Morgan fingerprint density at radius 1 is 1.20 bits per heavy atom. The third-order valence-electron chi connectivity index (χ3n) is 4.43. The van der Waals surface area contributed by atoms with Crippen LogP contribution in [0.3, 0.4) is 0 Å². The summed E-state index contributed by atoms with van der Waals surface area (Å²) >= 11 is 1.75. The summed E-state index contributed by atoms with van der Waals surface area (Å²) in [6.45, 7) is 6.05. The number of para-hydroxylation sites is 2. The Kier molecular flexibility index (Phi) is 4.36. The number of imidazole rings is 1. The van der Waals surface area contributed by atoms with Crippen molar-refractivity contribution in [3.05, 3.63) is 47.4 Å². The third kappa shape index (κ3) is 3.09. The van der Waals surface area contributed by atoms with E-state index in [2.05, 4.69) is 62.9 Å². The number of hydrogen-bond donors (Lipinski definition) is 1. The van der Waals surface area contributed by atoms with Crippen molar-refractivity contribution in [1.82, 2.24) is 19.5 Å². The maximum atomic E-state index is 4.63. The van der Waals surface area contributed by atoms with Crippen LogP contribution in [0.4, 0.5) is 5.82 Å². The summed E-state index contributed by atoms with van der Waals surface area (Å²) in [6, 6.07) is 10.5. The molecule has 4 rings (SSSR count). The van der Waals surface area contributed by atoms with Crippen LogP contribution in [0.15, 0.2) is 36.7 Å². The van der Waals surface area contributed by atoms with Crippen molar-refractivity contribution in [1.29, 1.82) is 0 Å². The van der Waals surface area contributed by atoms with Gasteiger partial charge >= 0.3 is 0 Å². The predicted molar refractivity (Wildman–Crippen MR) is 104 cm³/mol. The normalized spacial score (nSPS) is 11.4. The van der Waals surface area contributed by atoms with Crippen LogP contribution in [-0.2, 0) is 13.0 Å². The number of aryl methyl sites for hydroxylation is 3. The highest BCUT2D eigenvalue weighted by Crippen LogP contribution is 2.28. The highest BCUT2D eigenvalue weighted by molar-refractivity contribution is 7.18. The maximum absolute atomic E-state index is 4.63. The van der Waals surface area contributed by atoms with Gasteiger partial charge in [0.05, 0.1) is 16.4 Å². The fourth-order valence-corrected chi connectivity index (χ4v) is 4.08. The number of fused-ring (bicyclic) bond motifs is 2. The van der Waals surface area contributed by atoms with Gasteiger partial charge in [0.25, 0.3) is 0 Å². The van der Waals surface area contributed by atoms with E-state index in [0.29, 0.717) is 0 Å². The van der Waals surface area contributed by atoms with E-state index in [4.69, 9.17) is 0 Å². The summed E-state index contributed by atoms with van der Waals surface area (Å²) in [5.74, 6) is 2.00. The molecule has 0 aliphatic heterocycles. The minimum absolute atomic E-state index is 0.870. The molecule has 0 radical (unpaired) electrons. The van der Waals surface area contributed by atoms with Gasteiger partial charge in [0.15, 0.2) is 0 Å². The summed E-state index contributed by atoms with van der Waals surface area (Å²) in [5.41, 5.74) is 2.27. The van der Waals surface area contributed by atoms with Crippen molar-refractivity contribution in [3.63, 3.8) is 0 Å². The molecule has 25 heavy (non-hydrogen) atoms. The van der Waals surface area contributed by atoms with Crippen LogP contribution in [0.2, 0.25) is 0 Å². The molecule has 1 N–H and O–H groups in total. The minimum atomic E-state index is 0.870. The summed E-state index contributed by atoms with van der Waals surface area (Å²) in [6.07, 6.45) is 3.69. The highest BCUT2D eigenvalue weighted by Gasteiger charge is 2.09. The molecule has 4 aromatic rings. The molecule has 1 aromatic carbocycles. The number of anilines is 1. The zero-order valence-electron chi connectivity index (χ0n) is 14.5. The summed E-state index contributed by atoms with van der Waals surface area (Å²) < 4.78 is 2.28. The Morgan fingerprint density at radius 2 is 2.08 bits per heavy atom. The lowest BCUT2D eigenvalue weighted by atomic mass is 10.3. The molecule has 3 aromatic heterocycles. The molecular weight excluding hydrogens is 330 g/mol. The first kappa shape index (κ1) is 16.0. The Morgan fingerprint density at radius 3 is 2.96 bits per heavy atom. The number of hydrogen-bond acceptors (Lipinski definition) is 5. The molecule has 5 nitrogen and oxygen atoms in total. The molecule has 0 saturated carbocycles. The van der Waals surface area contributed by atoms with Crippen LogP contribution < -0.4 is 5.32 Å². The monoisotopic (exact) mass is 351 g/mol. The topological polar surface area (TPSA) is 55.6 Å². The molecule has 0 aliphatic rings. The van der Waals surface area contributed by atoms with Gasteiger partial charge in [-0.25, -0.2) is 15.0 Å². The van der Waals surface area contributed by atoms with E-state index >= 15 is 0 Å². The fraction of sp³-hybridized carbons (Fsp3) is 0.316. The molecule has 0 bridgehead atoms. The zero-order chi connectivity index (χ0) is 17.2. The van der Waals surface area contributed by atoms with Gasteiger partial charge in [0.2, 0.25) is 0 Å². The van der Waals surface area contributed by atoms with Crippen LogP contribution in [0.1, 0.15) is 24.0 Å². The lowest BCUT2D eigenvalue weighted by Crippen LogP contribution is -2.09. The Bertz CT molecular complexity index is 1020. The Labute approximate surface area is 150 Å². The van der Waals surface area contributed by atoms with Gasteiger partial charge in [-0.05, 0) is 38.0 Å². The zero-order valence-corrected chi connectivity index (χ0v) is 15.3. The molecule has 0 aliphatic carbocycles. The fourth-order valence-electron chi connectivity index (χ4n) is 3.14. The number of nitrogens with one attached hydrogen (secondary N) is 1. The van der Waals surface area contributed by atoms with E-state index in [9.17, 15) is 0 Å². The van der Waals surface area contributed by atoms with E-state index in [1.807, 2.05) is 6.07 Å². The van der Waals surface area contributed by atoms with Crippen molar-refractivity contribution in [2.75, 3.05) is 11.9 Å². The van der Waals surface area contributed by atoms with Crippen LogP contribution in [0.5, 0.6) is 0 Å². The molecule has 6 heteroatoms. The van der Waals surface area contributed by atoms with Crippen LogP contribution in [0, 0.1) is 6.92 Å².